The molecule has 5 atom stereocenters. The summed E-state index contributed by atoms with van der Waals surface area (Å²) >= 11 is 7.90. The summed E-state index contributed by atoms with van der Waals surface area (Å²) < 4.78 is 11.6. The van der Waals surface area contributed by atoms with Crippen LogP contribution in [0.15, 0.2) is 71.6 Å². The summed E-state index contributed by atoms with van der Waals surface area (Å²) in [6.07, 6.45) is -5.06. The lowest BCUT2D eigenvalue weighted by Crippen LogP contribution is -2.54. The first kappa shape index (κ1) is 28.4. The number of carboxylic acids is 1. The standard InChI is InChI=1S/C29H31ClO7S/c1-2-36-21-8-3-17(4-9-21)13-20-15-19(7-12-23(20)30)29-28(35)27(34)26(33)24(37-29)16-38-22-10-5-18(6-11-22)14-25(31)32/h3-12,15,24,26-29,33-35H,2,13-14,16H2,1H3,(H,31,32)/t24-,26-,27+,28-,29+/m1/s1. The van der Waals surface area contributed by atoms with Gasteiger partial charge in [-0.2, -0.15) is 0 Å². The van der Waals surface area contributed by atoms with Crippen LogP contribution in [0.4, 0.5) is 0 Å². The molecule has 0 amide bonds. The third kappa shape index (κ3) is 7.08. The smallest absolute Gasteiger partial charge is 0.307 e. The largest absolute Gasteiger partial charge is 0.494 e. The molecule has 1 fully saturated rings. The lowest BCUT2D eigenvalue weighted by Gasteiger charge is -2.41. The normalized spacial score (nSPS) is 23.2. The minimum Gasteiger partial charge on any atom is -0.494 e. The number of ether oxygens (including phenoxy) is 2. The average molecular weight is 559 g/mol. The van der Waals surface area contributed by atoms with Gasteiger partial charge < -0.3 is 29.9 Å². The molecular formula is C29H31ClO7S. The lowest BCUT2D eigenvalue weighted by molar-refractivity contribution is -0.218. The fraction of sp³-hybridized carbons (Fsp3) is 0.345. The summed E-state index contributed by atoms with van der Waals surface area (Å²) in [6, 6.07) is 20.2. The summed E-state index contributed by atoms with van der Waals surface area (Å²) in [7, 11) is 0. The molecule has 3 aromatic carbocycles. The number of hydrogen-bond donors (Lipinski definition) is 4. The fourth-order valence-corrected chi connectivity index (χ4v) is 5.56. The maximum Gasteiger partial charge on any atom is 0.307 e. The molecule has 1 saturated heterocycles. The molecular weight excluding hydrogens is 528 g/mol. The zero-order valence-electron chi connectivity index (χ0n) is 20.9. The van der Waals surface area contributed by atoms with Crippen LogP contribution in [-0.2, 0) is 22.4 Å². The first-order valence-corrected chi connectivity index (χ1v) is 13.7. The maximum atomic E-state index is 10.9. The van der Waals surface area contributed by atoms with Gasteiger partial charge in [-0.3, -0.25) is 4.79 Å². The van der Waals surface area contributed by atoms with Crippen molar-refractivity contribution in [2.24, 2.45) is 0 Å². The highest BCUT2D eigenvalue weighted by molar-refractivity contribution is 7.99. The predicted octanol–water partition coefficient (Wildman–Crippen LogP) is 4.27. The predicted molar refractivity (Wildman–Crippen MR) is 146 cm³/mol. The third-order valence-electron chi connectivity index (χ3n) is 6.43. The van der Waals surface area contributed by atoms with Crippen molar-refractivity contribution in [1.29, 1.82) is 0 Å². The Morgan fingerprint density at radius 2 is 1.63 bits per heavy atom. The average Bonchev–Trinajstić information content (AvgIpc) is 2.90. The molecule has 9 heteroatoms. The topological polar surface area (TPSA) is 116 Å². The highest BCUT2D eigenvalue weighted by Crippen LogP contribution is 2.36. The highest BCUT2D eigenvalue weighted by Gasteiger charge is 2.44. The van der Waals surface area contributed by atoms with E-state index in [-0.39, 0.29) is 6.42 Å². The Hall–Kier alpha value is -2.59. The van der Waals surface area contributed by atoms with Gasteiger partial charge in [0.1, 0.15) is 30.2 Å². The van der Waals surface area contributed by atoms with E-state index in [2.05, 4.69) is 0 Å². The van der Waals surface area contributed by atoms with Gasteiger partial charge in [-0.05, 0) is 65.9 Å². The van der Waals surface area contributed by atoms with E-state index >= 15 is 0 Å². The van der Waals surface area contributed by atoms with E-state index in [1.54, 1.807) is 24.3 Å². The van der Waals surface area contributed by atoms with Crippen molar-refractivity contribution in [2.45, 2.75) is 55.2 Å². The molecule has 1 aliphatic rings. The lowest BCUT2D eigenvalue weighted by atomic mass is 9.90. The minimum atomic E-state index is -1.39. The molecule has 0 saturated carbocycles. The molecule has 38 heavy (non-hydrogen) atoms. The van der Waals surface area contributed by atoms with Crippen molar-refractivity contribution in [2.75, 3.05) is 12.4 Å². The van der Waals surface area contributed by atoms with Crippen LogP contribution >= 0.6 is 23.4 Å². The molecule has 3 aromatic rings. The van der Waals surface area contributed by atoms with E-state index in [4.69, 9.17) is 26.2 Å². The van der Waals surface area contributed by atoms with E-state index in [0.717, 1.165) is 21.8 Å². The number of carboxylic acid groups (broad SMARTS) is 1. The number of aliphatic hydroxyl groups excluding tert-OH is 3. The van der Waals surface area contributed by atoms with Gasteiger partial charge >= 0.3 is 5.97 Å². The molecule has 1 heterocycles. The molecule has 0 radical (unpaired) electrons. The van der Waals surface area contributed by atoms with Crippen molar-refractivity contribution >= 4 is 29.3 Å². The second-order valence-corrected chi connectivity index (χ2v) is 10.7. The minimum absolute atomic E-state index is 0.0528. The van der Waals surface area contributed by atoms with Gasteiger partial charge in [-0.25, -0.2) is 0 Å². The van der Waals surface area contributed by atoms with Gasteiger partial charge in [0.05, 0.1) is 19.1 Å². The summed E-state index contributed by atoms with van der Waals surface area (Å²) in [5.74, 6) is 0.224. The van der Waals surface area contributed by atoms with Crippen molar-refractivity contribution in [3.8, 4) is 5.75 Å². The van der Waals surface area contributed by atoms with Crippen LogP contribution in [-0.4, -0.2) is 63.2 Å². The van der Waals surface area contributed by atoms with Gasteiger partial charge in [0.25, 0.3) is 0 Å². The summed E-state index contributed by atoms with van der Waals surface area (Å²) in [5.41, 5.74) is 3.23. The second-order valence-electron chi connectivity index (χ2n) is 9.20. The number of thioether (sulfide) groups is 1. The first-order valence-electron chi connectivity index (χ1n) is 12.4. The fourth-order valence-electron chi connectivity index (χ4n) is 4.42. The maximum absolute atomic E-state index is 10.9. The van der Waals surface area contributed by atoms with Crippen LogP contribution in [0.25, 0.3) is 0 Å². The quantitative estimate of drug-likeness (QED) is 0.273. The van der Waals surface area contributed by atoms with Gasteiger partial charge in [0, 0.05) is 15.7 Å². The molecule has 0 aromatic heterocycles. The molecule has 0 bridgehead atoms. The molecule has 0 spiro atoms. The van der Waals surface area contributed by atoms with E-state index < -0.39 is 36.5 Å². The Morgan fingerprint density at radius 1 is 0.947 bits per heavy atom. The Kier molecular flexibility index (Phi) is 9.70. The van der Waals surface area contributed by atoms with Gasteiger partial charge in [-0.15, -0.1) is 11.8 Å². The van der Waals surface area contributed by atoms with E-state index in [9.17, 15) is 20.1 Å². The van der Waals surface area contributed by atoms with Crippen molar-refractivity contribution in [3.63, 3.8) is 0 Å². The summed E-state index contributed by atoms with van der Waals surface area (Å²) in [6.45, 7) is 2.53. The summed E-state index contributed by atoms with van der Waals surface area (Å²) in [4.78, 5) is 11.8. The first-order chi connectivity index (χ1) is 18.2. The molecule has 202 valence electrons. The number of benzene rings is 3. The molecule has 7 nitrogen and oxygen atoms in total. The Labute approximate surface area is 231 Å². The van der Waals surface area contributed by atoms with Gasteiger partial charge in [-0.1, -0.05) is 48.0 Å². The molecule has 0 unspecified atom stereocenters. The summed E-state index contributed by atoms with van der Waals surface area (Å²) in [5, 5.41) is 41.5. The molecule has 4 rings (SSSR count). The Balaban J connectivity index is 1.46. The van der Waals surface area contributed by atoms with Crippen molar-refractivity contribution in [1.82, 2.24) is 0 Å². The van der Waals surface area contributed by atoms with E-state index in [1.165, 1.54) is 11.8 Å². The Morgan fingerprint density at radius 3 is 2.29 bits per heavy atom. The zero-order valence-corrected chi connectivity index (χ0v) is 22.4. The molecule has 1 aliphatic heterocycles. The number of hydrogen-bond acceptors (Lipinski definition) is 7. The molecule has 4 N–H and O–H groups in total. The number of rotatable bonds is 10. The zero-order chi connectivity index (χ0) is 27.2. The number of aliphatic hydroxyl groups is 3. The number of carbonyl (C=O) groups is 1. The van der Waals surface area contributed by atoms with E-state index in [0.29, 0.717) is 34.9 Å². The van der Waals surface area contributed by atoms with Crippen LogP contribution in [0.1, 0.15) is 35.3 Å². The third-order valence-corrected chi connectivity index (χ3v) is 7.90. The Bertz CT molecular complexity index is 1220. The number of halogens is 1. The van der Waals surface area contributed by atoms with Crippen LogP contribution < -0.4 is 4.74 Å². The highest BCUT2D eigenvalue weighted by atomic mass is 35.5. The second kappa shape index (κ2) is 13.0. The van der Waals surface area contributed by atoms with Crippen LogP contribution in [0.5, 0.6) is 5.75 Å². The van der Waals surface area contributed by atoms with Crippen LogP contribution in [0.3, 0.4) is 0 Å². The molecule has 0 aliphatic carbocycles. The van der Waals surface area contributed by atoms with Crippen LogP contribution in [0.2, 0.25) is 5.02 Å². The van der Waals surface area contributed by atoms with Crippen molar-refractivity contribution in [3.05, 3.63) is 94.0 Å². The SMILES string of the molecule is CCOc1ccc(Cc2cc([C@@H]3O[C@H](CSc4ccc(CC(=O)O)cc4)[C@@H](O)[C@H](O)[C@H]3O)ccc2Cl)cc1. The monoisotopic (exact) mass is 558 g/mol. The number of aliphatic carboxylic acids is 1. The van der Waals surface area contributed by atoms with Crippen LogP contribution in [0, 0.1) is 0 Å². The van der Waals surface area contributed by atoms with Gasteiger partial charge in [0.15, 0.2) is 0 Å². The van der Waals surface area contributed by atoms with Crippen molar-refractivity contribution < 1.29 is 34.7 Å². The van der Waals surface area contributed by atoms with E-state index in [1.807, 2.05) is 49.4 Å². The van der Waals surface area contributed by atoms with Gasteiger partial charge in [0.2, 0.25) is 0 Å².